The van der Waals surface area contributed by atoms with Gasteiger partial charge in [-0.05, 0) is 37.0 Å². The lowest BCUT2D eigenvalue weighted by molar-refractivity contribution is -0.150. The molecule has 4 atom stereocenters. The van der Waals surface area contributed by atoms with Crippen LogP contribution >= 0.6 is 0 Å². The van der Waals surface area contributed by atoms with E-state index in [0.717, 1.165) is 24.7 Å². The quantitative estimate of drug-likeness (QED) is 0.776. The molecule has 0 aliphatic heterocycles. The van der Waals surface area contributed by atoms with Gasteiger partial charge in [-0.1, -0.05) is 32.6 Å². The maximum Gasteiger partial charge on any atom is 0.306 e. The van der Waals surface area contributed by atoms with Crippen molar-refractivity contribution in [3.63, 3.8) is 0 Å². The summed E-state index contributed by atoms with van der Waals surface area (Å²) in [7, 11) is 0. The van der Waals surface area contributed by atoms with E-state index >= 15 is 0 Å². The highest BCUT2D eigenvalue weighted by molar-refractivity contribution is 5.71. The minimum atomic E-state index is -0.549. The first kappa shape index (κ1) is 11.0. The second-order valence-electron chi connectivity index (χ2n) is 5.30. The van der Waals surface area contributed by atoms with Crippen LogP contribution in [0.5, 0.6) is 0 Å². The Morgan fingerprint density at radius 3 is 2.40 bits per heavy atom. The average Bonchev–Trinajstić information content (AvgIpc) is 2.16. The summed E-state index contributed by atoms with van der Waals surface area (Å²) >= 11 is 0. The summed E-state index contributed by atoms with van der Waals surface area (Å²) in [5, 5.41) is 9.09. The lowest BCUT2D eigenvalue weighted by atomic mass is 9.60. The predicted octanol–water partition coefficient (Wildman–Crippen LogP) is 3.31. The van der Waals surface area contributed by atoms with Crippen LogP contribution in [0, 0.1) is 23.7 Å². The van der Waals surface area contributed by atoms with Crippen molar-refractivity contribution in [2.45, 2.75) is 51.9 Å². The van der Waals surface area contributed by atoms with Crippen molar-refractivity contribution in [3.05, 3.63) is 0 Å². The Labute approximate surface area is 92.1 Å². The van der Waals surface area contributed by atoms with Crippen molar-refractivity contribution in [2.24, 2.45) is 23.7 Å². The summed E-state index contributed by atoms with van der Waals surface area (Å²) in [6, 6.07) is 0. The maximum absolute atomic E-state index is 11.0. The van der Waals surface area contributed by atoms with Crippen molar-refractivity contribution >= 4 is 5.97 Å². The van der Waals surface area contributed by atoms with E-state index in [2.05, 4.69) is 6.92 Å². The summed E-state index contributed by atoms with van der Waals surface area (Å²) in [4.78, 5) is 11.0. The van der Waals surface area contributed by atoms with Gasteiger partial charge in [0.05, 0.1) is 5.92 Å². The zero-order valence-electron chi connectivity index (χ0n) is 9.61. The van der Waals surface area contributed by atoms with Crippen LogP contribution in [0.3, 0.4) is 0 Å². The number of carboxylic acid groups (broad SMARTS) is 1. The number of hydrogen-bond donors (Lipinski definition) is 1. The van der Waals surface area contributed by atoms with Gasteiger partial charge in [-0.25, -0.2) is 0 Å². The third kappa shape index (κ3) is 2.04. The number of carboxylic acids is 1. The molecule has 0 aromatic heterocycles. The predicted molar refractivity (Wildman–Crippen MR) is 59.6 cm³/mol. The summed E-state index contributed by atoms with van der Waals surface area (Å²) in [6.45, 7) is 2.26. The zero-order chi connectivity index (χ0) is 10.8. The van der Waals surface area contributed by atoms with Crippen LogP contribution in [0.4, 0.5) is 0 Å². The molecule has 2 aliphatic carbocycles. The highest BCUT2D eigenvalue weighted by Crippen LogP contribution is 2.48. The van der Waals surface area contributed by atoms with Gasteiger partial charge in [-0.15, -0.1) is 0 Å². The molecule has 0 amide bonds. The topological polar surface area (TPSA) is 37.3 Å². The van der Waals surface area contributed by atoms with Gasteiger partial charge < -0.3 is 5.11 Å². The highest BCUT2D eigenvalue weighted by atomic mass is 16.4. The first-order chi connectivity index (χ1) is 7.24. The normalized spacial score (nSPS) is 40.9. The van der Waals surface area contributed by atoms with E-state index in [1.807, 2.05) is 0 Å². The minimum absolute atomic E-state index is 0.0119. The number of aliphatic carboxylic acids is 1. The van der Waals surface area contributed by atoms with Crippen molar-refractivity contribution in [1.82, 2.24) is 0 Å². The first-order valence-electron chi connectivity index (χ1n) is 6.46. The number of hydrogen-bond acceptors (Lipinski definition) is 1. The van der Waals surface area contributed by atoms with E-state index < -0.39 is 5.97 Å². The Hall–Kier alpha value is -0.530. The van der Waals surface area contributed by atoms with Crippen molar-refractivity contribution < 1.29 is 9.90 Å². The summed E-state index contributed by atoms with van der Waals surface area (Å²) in [5.74, 6) is 1.48. The fourth-order valence-electron chi connectivity index (χ4n) is 3.65. The first-order valence-corrected chi connectivity index (χ1v) is 6.46. The molecule has 2 saturated carbocycles. The molecule has 2 fully saturated rings. The molecule has 1 N–H and O–H groups in total. The standard InChI is InChI=1S/C13H22O2/c1-2-9-5-3-4-6-10(9)11-7-8-12(11)13(14)15/h9-12H,2-8H2,1H3,(H,14,15). The molecule has 2 aliphatic rings. The van der Waals surface area contributed by atoms with Gasteiger partial charge in [0.2, 0.25) is 0 Å². The second kappa shape index (κ2) is 4.54. The SMILES string of the molecule is CCC1CCCCC1C1CCC1C(=O)O. The molecule has 0 spiro atoms. The van der Waals surface area contributed by atoms with Crippen LogP contribution in [0.15, 0.2) is 0 Å². The van der Waals surface area contributed by atoms with Crippen LogP contribution in [-0.2, 0) is 4.79 Å². The molecular formula is C13H22O2. The molecule has 0 heterocycles. The molecular weight excluding hydrogens is 188 g/mol. The van der Waals surface area contributed by atoms with Crippen LogP contribution in [0.25, 0.3) is 0 Å². The van der Waals surface area contributed by atoms with E-state index in [4.69, 9.17) is 5.11 Å². The lowest BCUT2D eigenvalue weighted by Gasteiger charge is -2.45. The minimum Gasteiger partial charge on any atom is -0.481 e. The highest BCUT2D eigenvalue weighted by Gasteiger charge is 2.43. The van der Waals surface area contributed by atoms with Gasteiger partial charge in [0.1, 0.15) is 0 Å². The van der Waals surface area contributed by atoms with Gasteiger partial charge in [-0.2, -0.15) is 0 Å². The van der Waals surface area contributed by atoms with E-state index in [1.165, 1.54) is 32.1 Å². The van der Waals surface area contributed by atoms with Crippen LogP contribution in [0.1, 0.15) is 51.9 Å². The van der Waals surface area contributed by atoms with Gasteiger partial charge in [-0.3, -0.25) is 4.79 Å². The Morgan fingerprint density at radius 1 is 1.13 bits per heavy atom. The lowest BCUT2D eigenvalue weighted by Crippen LogP contribution is -2.41. The van der Waals surface area contributed by atoms with E-state index in [0.29, 0.717) is 5.92 Å². The molecule has 15 heavy (non-hydrogen) atoms. The van der Waals surface area contributed by atoms with Crippen molar-refractivity contribution in [1.29, 1.82) is 0 Å². The third-order valence-electron chi connectivity index (χ3n) is 4.69. The van der Waals surface area contributed by atoms with Crippen LogP contribution in [0.2, 0.25) is 0 Å². The second-order valence-corrected chi connectivity index (χ2v) is 5.30. The molecule has 2 rings (SSSR count). The van der Waals surface area contributed by atoms with Crippen molar-refractivity contribution in [2.75, 3.05) is 0 Å². The summed E-state index contributed by atoms with van der Waals surface area (Å²) < 4.78 is 0. The molecule has 2 heteroatoms. The Bertz CT molecular complexity index is 237. The van der Waals surface area contributed by atoms with Gasteiger partial charge in [0.25, 0.3) is 0 Å². The molecule has 0 aromatic rings. The smallest absolute Gasteiger partial charge is 0.306 e. The Morgan fingerprint density at radius 2 is 1.87 bits per heavy atom. The summed E-state index contributed by atoms with van der Waals surface area (Å²) in [5.41, 5.74) is 0. The van der Waals surface area contributed by atoms with E-state index in [1.54, 1.807) is 0 Å². The van der Waals surface area contributed by atoms with E-state index in [9.17, 15) is 4.79 Å². The fraction of sp³-hybridized carbons (Fsp3) is 0.923. The fourth-order valence-corrected chi connectivity index (χ4v) is 3.65. The van der Waals surface area contributed by atoms with Crippen LogP contribution < -0.4 is 0 Å². The largest absolute Gasteiger partial charge is 0.481 e. The Balaban J connectivity index is 1.98. The average molecular weight is 210 g/mol. The molecule has 4 unspecified atom stereocenters. The molecule has 0 radical (unpaired) electrons. The maximum atomic E-state index is 11.0. The van der Waals surface area contributed by atoms with Crippen LogP contribution in [-0.4, -0.2) is 11.1 Å². The molecule has 0 bridgehead atoms. The summed E-state index contributed by atoms with van der Waals surface area (Å²) in [6.07, 6.45) is 8.64. The molecule has 86 valence electrons. The zero-order valence-corrected chi connectivity index (χ0v) is 9.61. The third-order valence-corrected chi connectivity index (χ3v) is 4.69. The Kier molecular flexibility index (Phi) is 3.32. The van der Waals surface area contributed by atoms with Gasteiger partial charge >= 0.3 is 5.97 Å². The molecule has 2 nitrogen and oxygen atoms in total. The number of rotatable bonds is 3. The van der Waals surface area contributed by atoms with Gasteiger partial charge in [0, 0.05) is 0 Å². The monoisotopic (exact) mass is 210 g/mol. The molecule has 0 aromatic carbocycles. The van der Waals surface area contributed by atoms with Crippen molar-refractivity contribution in [3.8, 4) is 0 Å². The molecule has 0 saturated heterocycles. The van der Waals surface area contributed by atoms with E-state index in [-0.39, 0.29) is 5.92 Å². The van der Waals surface area contributed by atoms with Gasteiger partial charge in [0.15, 0.2) is 0 Å². The number of carbonyl (C=O) groups is 1.